The van der Waals surface area contributed by atoms with Crippen molar-refractivity contribution in [2.75, 3.05) is 5.32 Å². The van der Waals surface area contributed by atoms with Gasteiger partial charge in [0.05, 0.1) is 28.2 Å². The van der Waals surface area contributed by atoms with E-state index < -0.39 is 23.4 Å². The van der Waals surface area contributed by atoms with Crippen LogP contribution in [0.15, 0.2) is 60.7 Å². The maximum Gasteiger partial charge on any atom is 0.417 e. The van der Waals surface area contributed by atoms with Gasteiger partial charge in [0.1, 0.15) is 0 Å². The highest BCUT2D eigenvalue weighted by atomic mass is 35.5. The maximum atomic E-state index is 13.5. The van der Waals surface area contributed by atoms with E-state index in [2.05, 4.69) is 10.3 Å². The number of anilines is 1. The first kappa shape index (κ1) is 21.1. The van der Waals surface area contributed by atoms with Crippen molar-refractivity contribution in [2.24, 2.45) is 0 Å². The van der Waals surface area contributed by atoms with Crippen LogP contribution >= 0.6 is 11.6 Å². The second-order valence-corrected chi connectivity index (χ2v) is 7.33. The molecule has 0 fully saturated rings. The Kier molecular flexibility index (Phi) is 5.58. The third-order valence-corrected chi connectivity index (χ3v) is 5.10. The van der Waals surface area contributed by atoms with E-state index in [1.165, 1.54) is 18.2 Å². The summed E-state index contributed by atoms with van der Waals surface area (Å²) in [6, 6.07) is 14.4. The van der Waals surface area contributed by atoms with Crippen LogP contribution in [-0.4, -0.2) is 9.55 Å². The number of aromatic nitrogens is 2. The van der Waals surface area contributed by atoms with E-state index in [0.29, 0.717) is 28.1 Å². The molecule has 31 heavy (non-hydrogen) atoms. The van der Waals surface area contributed by atoms with Crippen molar-refractivity contribution < 1.29 is 22.0 Å². The molecule has 0 amide bonds. The Labute approximate surface area is 179 Å². The summed E-state index contributed by atoms with van der Waals surface area (Å²) in [5.74, 6) is -1.53. The lowest BCUT2D eigenvalue weighted by Gasteiger charge is -2.14. The molecule has 1 aromatic heterocycles. The second-order valence-electron chi connectivity index (χ2n) is 6.92. The fourth-order valence-corrected chi connectivity index (χ4v) is 3.50. The van der Waals surface area contributed by atoms with Gasteiger partial charge in [-0.25, -0.2) is 13.8 Å². The van der Waals surface area contributed by atoms with Crippen LogP contribution in [0.4, 0.5) is 27.9 Å². The Balaban J connectivity index is 1.68. The van der Waals surface area contributed by atoms with E-state index in [1.807, 2.05) is 0 Å². The lowest BCUT2D eigenvalue weighted by atomic mass is 10.1. The normalized spacial score (nSPS) is 11.8. The minimum atomic E-state index is -4.57. The monoisotopic (exact) mass is 451 g/mol. The molecule has 0 aliphatic rings. The van der Waals surface area contributed by atoms with E-state index in [9.17, 15) is 22.0 Å². The molecule has 0 radical (unpaired) electrons. The smallest absolute Gasteiger partial charge is 0.352 e. The van der Waals surface area contributed by atoms with Gasteiger partial charge in [0.2, 0.25) is 5.95 Å². The van der Waals surface area contributed by atoms with Crippen molar-refractivity contribution in [3.63, 3.8) is 0 Å². The molecule has 0 saturated heterocycles. The number of hydrogen-bond acceptors (Lipinski definition) is 2. The molecule has 0 bridgehead atoms. The Morgan fingerprint density at radius 3 is 2.39 bits per heavy atom. The summed E-state index contributed by atoms with van der Waals surface area (Å²) in [6.45, 7) is 0.246. The van der Waals surface area contributed by atoms with Crippen LogP contribution in [-0.2, 0) is 19.3 Å². The number of nitrogens with zero attached hydrogens (tertiary/aromatic N) is 2. The minimum Gasteiger partial charge on any atom is -0.352 e. The van der Waals surface area contributed by atoms with Crippen molar-refractivity contribution in [1.82, 2.24) is 9.55 Å². The fraction of sp³-hybridized carbons (Fsp3) is 0.136. The SMILES string of the molecule is Fc1ccc(CNc2nc3ccccc3n2Cc2ccc(Cl)c(C(F)(F)F)c2)cc1F. The van der Waals surface area contributed by atoms with Crippen LogP contribution < -0.4 is 5.32 Å². The first-order valence-corrected chi connectivity index (χ1v) is 9.59. The van der Waals surface area contributed by atoms with Gasteiger partial charge < -0.3 is 9.88 Å². The summed E-state index contributed by atoms with van der Waals surface area (Å²) in [5.41, 5.74) is 1.31. The van der Waals surface area contributed by atoms with Crippen LogP contribution in [0.2, 0.25) is 5.02 Å². The quantitative estimate of drug-likeness (QED) is 0.344. The molecular formula is C22H15ClF5N3. The van der Waals surface area contributed by atoms with Gasteiger partial charge >= 0.3 is 6.18 Å². The van der Waals surface area contributed by atoms with Gasteiger partial charge in [0.25, 0.3) is 0 Å². The third-order valence-electron chi connectivity index (χ3n) is 4.77. The number of nitrogens with one attached hydrogen (secondary N) is 1. The zero-order valence-electron chi connectivity index (χ0n) is 15.8. The summed E-state index contributed by atoms with van der Waals surface area (Å²) in [6.07, 6.45) is -4.57. The van der Waals surface area contributed by atoms with Crippen LogP contribution in [0.5, 0.6) is 0 Å². The molecule has 9 heteroatoms. The number of imidazole rings is 1. The summed E-state index contributed by atoms with van der Waals surface area (Å²) in [4.78, 5) is 4.49. The van der Waals surface area contributed by atoms with Gasteiger partial charge in [-0.15, -0.1) is 0 Å². The average molecular weight is 452 g/mol. The number of hydrogen-bond donors (Lipinski definition) is 1. The number of rotatable bonds is 5. The van der Waals surface area contributed by atoms with Gasteiger partial charge in [-0.05, 0) is 47.5 Å². The summed E-state index contributed by atoms with van der Waals surface area (Å²) < 4.78 is 68.1. The number of benzene rings is 3. The van der Waals surface area contributed by atoms with E-state index in [-0.39, 0.29) is 18.1 Å². The second kappa shape index (κ2) is 8.19. The Morgan fingerprint density at radius 2 is 1.65 bits per heavy atom. The van der Waals surface area contributed by atoms with Crippen molar-refractivity contribution in [3.05, 3.63) is 94.0 Å². The largest absolute Gasteiger partial charge is 0.417 e. The number of para-hydroxylation sites is 2. The van der Waals surface area contributed by atoms with Crippen molar-refractivity contribution >= 4 is 28.6 Å². The molecule has 160 valence electrons. The molecule has 0 saturated carbocycles. The molecule has 1 heterocycles. The number of fused-ring (bicyclic) bond motifs is 1. The van der Waals surface area contributed by atoms with Gasteiger partial charge in [-0.2, -0.15) is 13.2 Å². The standard InChI is InChI=1S/C22H15ClF5N3/c23-16-7-5-14(9-15(16)22(26,27)28)12-31-20-4-2-1-3-19(20)30-21(31)29-11-13-6-8-17(24)18(25)10-13/h1-10H,11-12H2,(H,29,30). The van der Waals surface area contributed by atoms with Crippen LogP contribution in [0.25, 0.3) is 11.0 Å². The molecule has 4 aromatic rings. The Hall–Kier alpha value is -3.13. The predicted octanol–water partition coefficient (Wildman–Crippen LogP) is 6.65. The molecule has 0 spiro atoms. The summed E-state index contributed by atoms with van der Waals surface area (Å²) >= 11 is 5.72. The van der Waals surface area contributed by atoms with E-state index in [4.69, 9.17) is 11.6 Å². The lowest BCUT2D eigenvalue weighted by molar-refractivity contribution is -0.137. The lowest BCUT2D eigenvalue weighted by Crippen LogP contribution is -2.11. The molecule has 0 atom stereocenters. The first-order valence-electron chi connectivity index (χ1n) is 9.21. The van der Waals surface area contributed by atoms with Crippen molar-refractivity contribution in [3.8, 4) is 0 Å². The molecule has 3 aromatic carbocycles. The van der Waals surface area contributed by atoms with Crippen LogP contribution in [0.1, 0.15) is 16.7 Å². The van der Waals surface area contributed by atoms with Crippen LogP contribution in [0, 0.1) is 11.6 Å². The third kappa shape index (κ3) is 4.49. The highest BCUT2D eigenvalue weighted by Gasteiger charge is 2.33. The molecule has 0 aliphatic heterocycles. The van der Waals surface area contributed by atoms with Gasteiger partial charge in [0, 0.05) is 6.54 Å². The van der Waals surface area contributed by atoms with Gasteiger partial charge in [-0.3, -0.25) is 0 Å². The summed E-state index contributed by atoms with van der Waals surface area (Å²) in [5, 5.41) is 2.68. The predicted molar refractivity (Wildman–Crippen MR) is 109 cm³/mol. The molecule has 3 nitrogen and oxygen atoms in total. The highest BCUT2D eigenvalue weighted by Crippen LogP contribution is 2.35. The number of alkyl halides is 3. The Bertz CT molecular complexity index is 1250. The number of halogens is 6. The molecule has 0 unspecified atom stereocenters. The molecule has 1 N–H and O–H groups in total. The van der Waals surface area contributed by atoms with Gasteiger partial charge in [-0.1, -0.05) is 35.9 Å². The van der Waals surface area contributed by atoms with E-state index in [1.54, 1.807) is 28.8 Å². The van der Waals surface area contributed by atoms with E-state index >= 15 is 0 Å². The topological polar surface area (TPSA) is 29.9 Å². The molecular weight excluding hydrogens is 437 g/mol. The average Bonchev–Trinajstić information content (AvgIpc) is 3.07. The zero-order valence-corrected chi connectivity index (χ0v) is 16.6. The Morgan fingerprint density at radius 1 is 0.903 bits per heavy atom. The van der Waals surface area contributed by atoms with E-state index in [0.717, 1.165) is 18.2 Å². The van der Waals surface area contributed by atoms with Crippen molar-refractivity contribution in [2.45, 2.75) is 19.3 Å². The van der Waals surface area contributed by atoms with Crippen molar-refractivity contribution in [1.29, 1.82) is 0 Å². The summed E-state index contributed by atoms with van der Waals surface area (Å²) in [7, 11) is 0. The van der Waals surface area contributed by atoms with Crippen LogP contribution in [0.3, 0.4) is 0 Å². The minimum absolute atomic E-state index is 0.0981. The zero-order chi connectivity index (χ0) is 22.2. The maximum absolute atomic E-state index is 13.5. The molecule has 4 rings (SSSR count). The molecule has 0 aliphatic carbocycles. The van der Waals surface area contributed by atoms with Gasteiger partial charge in [0.15, 0.2) is 11.6 Å². The first-order chi connectivity index (χ1) is 14.7. The highest BCUT2D eigenvalue weighted by molar-refractivity contribution is 6.31. The fourth-order valence-electron chi connectivity index (χ4n) is 3.27.